The third-order valence-corrected chi connectivity index (χ3v) is 7.65. The smallest absolute Gasteiger partial charge is 0.415 e. The summed E-state index contributed by atoms with van der Waals surface area (Å²) in [6, 6.07) is 25.4. The number of benzene rings is 3. The standard InChI is InChI=1S/C22H27NO2.C13H13NO5/c23-15-9-3-1-2-4-14-22(24)25-16-21-19-12-7-5-10-17(19)18-11-6-8-13-20(18)21;15-11(18-8-9-4-2-1-3-5-9)7-6-10-12(16)19-13(17)14-10/h5-8,10-13,21H,1-4,9,14-16,23H2;1-5,10H,6-8H2,(H,14,17)/p+1/t;10-/m.0/s1. The van der Waals surface area contributed by atoms with E-state index in [1.165, 1.54) is 41.5 Å². The van der Waals surface area contributed by atoms with Gasteiger partial charge in [-0.25, -0.2) is 9.59 Å². The number of amides is 1. The van der Waals surface area contributed by atoms with E-state index in [1.54, 1.807) is 0 Å². The van der Waals surface area contributed by atoms with Gasteiger partial charge in [0.2, 0.25) is 0 Å². The van der Waals surface area contributed by atoms with Gasteiger partial charge in [0.25, 0.3) is 0 Å². The van der Waals surface area contributed by atoms with Crippen molar-refractivity contribution in [1.29, 1.82) is 0 Å². The SMILES string of the molecule is O=C(CC[C@@H]1NC(=O)OC1=O)OCc1ccccc1.[NH3+]CCCCCCCC(=O)OCC1c2ccccc2-c2ccccc21. The minimum atomic E-state index is -0.771. The molecule has 1 aliphatic heterocycles. The fraction of sp³-hybridized carbons (Fsp3) is 0.371. The van der Waals surface area contributed by atoms with Gasteiger partial charge < -0.3 is 25.3 Å². The van der Waals surface area contributed by atoms with Gasteiger partial charge in [-0.05, 0) is 53.5 Å². The van der Waals surface area contributed by atoms with Crippen molar-refractivity contribution in [2.45, 2.75) is 69.9 Å². The van der Waals surface area contributed by atoms with Crippen LogP contribution in [0.5, 0.6) is 0 Å². The first-order chi connectivity index (χ1) is 21.5. The number of carbonyl (C=O) groups is 4. The Hall–Kier alpha value is -4.50. The minimum absolute atomic E-state index is 0.0485. The molecule has 9 heteroatoms. The van der Waals surface area contributed by atoms with Crippen molar-refractivity contribution in [3.63, 3.8) is 0 Å². The van der Waals surface area contributed by atoms with Crippen LogP contribution in [-0.4, -0.2) is 43.2 Å². The molecule has 9 nitrogen and oxygen atoms in total. The van der Waals surface area contributed by atoms with Gasteiger partial charge in [0.1, 0.15) is 19.3 Å². The zero-order valence-corrected chi connectivity index (χ0v) is 25.0. The summed E-state index contributed by atoms with van der Waals surface area (Å²) in [5.41, 5.74) is 9.82. The quantitative estimate of drug-likeness (QED) is 0.114. The molecule has 1 fully saturated rings. The van der Waals surface area contributed by atoms with Crippen molar-refractivity contribution in [1.82, 2.24) is 5.32 Å². The average Bonchev–Trinajstić information content (AvgIpc) is 3.55. The van der Waals surface area contributed by atoms with Crippen LogP contribution in [-0.2, 0) is 35.2 Å². The highest BCUT2D eigenvalue weighted by Gasteiger charge is 2.32. The van der Waals surface area contributed by atoms with Gasteiger partial charge in [-0.15, -0.1) is 0 Å². The molecule has 0 unspecified atom stereocenters. The first-order valence-corrected chi connectivity index (χ1v) is 15.3. The highest BCUT2D eigenvalue weighted by molar-refractivity contribution is 5.95. The van der Waals surface area contributed by atoms with E-state index in [2.05, 4.69) is 64.3 Å². The van der Waals surface area contributed by atoms with Crippen LogP contribution in [0.25, 0.3) is 11.1 Å². The number of hydrogen-bond donors (Lipinski definition) is 2. The Morgan fingerprint density at radius 2 is 1.32 bits per heavy atom. The van der Waals surface area contributed by atoms with Gasteiger partial charge in [0.15, 0.2) is 0 Å². The molecular weight excluding hydrogens is 560 g/mol. The minimum Gasteiger partial charge on any atom is -0.465 e. The number of quaternary nitrogens is 1. The lowest BCUT2D eigenvalue weighted by Crippen LogP contribution is -2.50. The highest BCUT2D eigenvalue weighted by Crippen LogP contribution is 2.44. The highest BCUT2D eigenvalue weighted by atomic mass is 16.6. The number of esters is 3. The van der Waals surface area contributed by atoms with Crippen molar-refractivity contribution < 1.29 is 39.1 Å². The number of fused-ring (bicyclic) bond motifs is 3. The number of nitrogens with one attached hydrogen (secondary N) is 1. The Balaban J connectivity index is 0.000000209. The van der Waals surface area contributed by atoms with Crippen LogP contribution < -0.4 is 11.1 Å². The lowest BCUT2D eigenvalue weighted by atomic mass is 9.98. The molecule has 4 N–H and O–H groups in total. The van der Waals surface area contributed by atoms with Crippen molar-refractivity contribution in [2.24, 2.45) is 0 Å². The van der Waals surface area contributed by atoms with Crippen molar-refractivity contribution in [2.75, 3.05) is 13.2 Å². The molecule has 3 aromatic rings. The summed E-state index contributed by atoms with van der Waals surface area (Å²) >= 11 is 0. The molecule has 0 saturated carbocycles. The van der Waals surface area contributed by atoms with Crippen LogP contribution in [0.2, 0.25) is 0 Å². The van der Waals surface area contributed by atoms with E-state index in [-0.39, 0.29) is 31.3 Å². The van der Waals surface area contributed by atoms with Crippen LogP contribution in [0.1, 0.15) is 74.0 Å². The van der Waals surface area contributed by atoms with Crippen LogP contribution in [0.15, 0.2) is 78.9 Å². The second kappa shape index (κ2) is 17.0. The van der Waals surface area contributed by atoms with E-state index in [0.29, 0.717) is 13.0 Å². The monoisotopic (exact) mass is 601 g/mol. The van der Waals surface area contributed by atoms with Crippen molar-refractivity contribution in [3.05, 3.63) is 95.6 Å². The first-order valence-electron chi connectivity index (χ1n) is 15.3. The van der Waals surface area contributed by atoms with E-state index in [0.717, 1.165) is 24.9 Å². The number of rotatable bonds is 14. The summed E-state index contributed by atoms with van der Waals surface area (Å²) in [7, 11) is 0. The third-order valence-electron chi connectivity index (χ3n) is 7.65. The summed E-state index contributed by atoms with van der Waals surface area (Å²) in [4.78, 5) is 45.4. The summed E-state index contributed by atoms with van der Waals surface area (Å²) < 4.78 is 15.0. The molecule has 1 saturated heterocycles. The predicted octanol–water partition coefficient (Wildman–Crippen LogP) is 5.07. The van der Waals surface area contributed by atoms with E-state index < -0.39 is 24.1 Å². The van der Waals surface area contributed by atoms with Crippen LogP contribution in [0.3, 0.4) is 0 Å². The number of alkyl carbamates (subject to hydrolysis) is 1. The topological polar surface area (TPSA) is 136 Å². The van der Waals surface area contributed by atoms with Gasteiger partial charge >= 0.3 is 24.0 Å². The summed E-state index contributed by atoms with van der Waals surface area (Å²) in [5, 5.41) is 2.31. The number of hydrogen-bond acceptors (Lipinski definition) is 7. The molecule has 2 aliphatic rings. The second-order valence-electron chi connectivity index (χ2n) is 10.9. The molecule has 0 aromatic heterocycles. The summed E-state index contributed by atoms with van der Waals surface area (Å²) in [6.07, 6.45) is 5.60. The van der Waals surface area contributed by atoms with E-state index in [4.69, 9.17) is 9.47 Å². The van der Waals surface area contributed by atoms with E-state index in [1.807, 2.05) is 30.3 Å². The Morgan fingerprint density at radius 3 is 1.95 bits per heavy atom. The van der Waals surface area contributed by atoms with Gasteiger partial charge in [-0.1, -0.05) is 91.7 Å². The van der Waals surface area contributed by atoms with Crippen LogP contribution >= 0.6 is 0 Å². The predicted molar refractivity (Wildman–Crippen MR) is 164 cm³/mol. The molecule has 1 aliphatic carbocycles. The maximum Gasteiger partial charge on any atom is 0.415 e. The Bertz CT molecular complexity index is 1360. The van der Waals surface area contributed by atoms with Crippen molar-refractivity contribution in [3.8, 4) is 11.1 Å². The maximum absolute atomic E-state index is 12.1. The molecule has 44 heavy (non-hydrogen) atoms. The normalized spacial score (nSPS) is 14.9. The Kier molecular flexibility index (Phi) is 12.5. The molecule has 1 amide bonds. The fourth-order valence-electron chi connectivity index (χ4n) is 5.32. The zero-order valence-electron chi connectivity index (χ0n) is 25.0. The maximum atomic E-state index is 12.1. The van der Waals surface area contributed by atoms with Gasteiger partial charge in [0.05, 0.1) is 6.54 Å². The van der Waals surface area contributed by atoms with Crippen molar-refractivity contribution >= 4 is 24.0 Å². The largest absolute Gasteiger partial charge is 0.465 e. The Labute approximate surface area is 258 Å². The van der Waals surface area contributed by atoms with E-state index >= 15 is 0 Å². The van der Waals surface area contributed by atoms with Gasteiger partial charge in [0, 0.05) is 18.8 Å². The molecule has 232 valence electrons. The molecule has 0 spiro atoms. The fourth-order valence-corrected chi connectivity index (χ4v) is 5.32. The van der Waals surface area contributed by atoms with Crippen LogP contribution in [0, 0.1) is 0 Å². The molecule has 1 atom stereocenters. The molecule has 0 bridgehead atoms. The lowest BCUT2D eigenvalue weighted by Gasteiger charge is -2.14. The number of cyclic esters (lactones) is 2. The Morgan fingerprint density at radius 1 is 0.727 bits per heavy atom. The summed E-state index contributed by atoms with van der Waals surface area (Å²) in [5.74, 6) is -0.980. The second-order valence-corrected chi connectivity index (χ2v) is 10.9. The summed E-state index contributed by atoms with van der Waals surface area (Å²) in [6.45, 7) is 1.64. The zero-order chi connectivity index (χ0) is 31.1. The molecule has 3 aromatic carbocycles. The molecule has 1 heterocycles. The number of unbranched alkanes of at least 4 members (excludes halogenated alkanes) is 4. The van der Waals surface area contributed by atoms with E-state index in [9.17, 15) is 19.2 Å². The van der Waals surface area contributed by atoms with Crippen LogP contribution in [0.4, 0.5) is 4.79 Å². The molecule has 0 radical (unpaired) electrons. The molecular formula is C35H41N2O7+. The average molecular weight is 602 g/mol. The first kappa shape index (κ1) is 32.4. The lowest BCUT2D eigenvalue weighted by molar-refractivity contribution is -0.368. The van der Waals surface area contributed by atoms with Gasteiger partial charge in [-0.2, -0.15) is 0 Å². The van der Waals surface area contributed by atoms with Gasteiger partial charge in [-0.3, -0.25) is 9.59 Å². The molecule has 5 rings (SSSR count). The third kappa shape index (κ3) is 9.50. The number of carbonyl (C=O) groups excluding carboxylic acids is 4. The number of ether oxygens (including phenoxy) is 3.